The molecule has 0 spiro atoms. The summed E-state index contributed by atoms with van der Waals surface area (Å²) in [6, 6.07) is 8.04. The van der Waals surface area contributed by atoms with Gasteiger partial charge >= 0.3 is 0 Å². The Bertz CT molecular complexity index is 807. The summed E-state index contributed by atoms with van der Waals surface area (Å²) in [5, 5.41) is 3.22. The molecule has 0 bridgehead atoms. The first-order valence-electron chi connectivity index (χ1n) is 8.28. The standard InChI is InChI=1S/C19H20ClN3O2/c1-12(2)17(22-18(24)14-5-3-4-6-15(14)20)19(25)23-10-8-13-11-21-9-7-16(13)23/h3-7,9,11-12,17H,8,10H2,1-2H3,(H,22,24). The van der Waals surface area contributed by atoms with Gasteiger partial charge in [0.05, 0.1) is 16.3 Å². The van der Waals surface area contributed by atoms with E-state index in [0.717, 1.165) is 17.7 Å². The molecule has 3 rings (SSSR count). The maximum atomic E-state index is 13.1. The minimum absolute atomic E-state index is 0.0511. The number of halogens is 1. The van der Waals surface area contributed by atoms with Crippen LogP contribution >= 0.6 is 11.6 Å². The van der Waals surface area contributed by atoms with Crippen LogP contribution in [0, 0.1) is 5.92 Å². The lowest BCUT2D eigenvalue weighted by Crippen LogP contribution is -2.51. The molecule has 0 saturated carbocycles. The van der Waals surface area contributed by atoms with Gasteiger partial charge in [-0.3, -0.25) is 14.6 Å². The van der Waals surface area contributed by atoms with E-state index in [4.69, 9.17) is 11.6 Å². The third kappa shape index (κ3) is 3.51. The molecule has 6 heteroatoms. The van der Waals surface area contributed by atoms with E-state index >= 15 is 0 Å². The van der Waals surface area contributed by atoms with Gasteiger partial charge in [0.15, 0.2) is 0 Å². The minimum atomic E-state index is -0.622. The van der Waals surface area contributed by atoms with Crippen LogP contribution in [0.5, 0.6) is 0 Å². The van der Waals surface area contributed by atoms with Gasteiger partial charge in [-0.15, -0.1) is 0 Å². The molecule has 5 nitrogen and oxygen atoms in total. The van der Waals surface area contributed by atoms with Gasteiger partial charge in [0, 0.05) is 18.9 Å². The summed E-state index contributed by atoms with van der Waals surface area (Å²) < 4.78 is 0. The van der Waals surface area contributed by atoms with Gasteiger partial charge in [0.25, 0.3) is 5.91 Å². The maximum absolute atomic E-state index is 13.1. The van der Waals surface area contributed by atoms with Crippen LogP contribution in [-0.2, 0) is 11.2 Å². The van der Waals surface area contributed by atoms with E-state index < -0.39 is 6.04 Å². The van der Waals surface area contributed by atoms with E-state index in [1.165, 1.54) is 0 Å². The number of pyridine rings is 1. The molecule has 130 valence electrons. The molecule has 1 atom stereocenters. The molecule has 1 N–H and O–H groups in total. The molecule has 2 aromatic rings. The second-order valence-electron chi connectivity index (χ2n) is 6.42. The second kappa shape index (κ2) is 7.23. The topological polar surface area (TPSA) is 62.3 Å². The number of carbonyl (C=O) groups excluding carboxylic acids is 2. The summed E-state index contributed by atoms with van der Waals surface area (Å²) in [5.41, 5.74) is 2.29. The molecule has 2 heterocycles. The van der Waals surface area contributed by atoms with Gasteiger partial charge in [0.2, 0.25) is 5.91 Å². The molecule has 1 aliphatic heterocycles. The number of fused-ring (bicyclic) bond motifs is 1. The van der Waals surface area contributed by atoms with E-state index in [9.17, 15) is 9.59 Å². The summed E-state index contributed by atoms with van der Waals surface area (Å²) in [6.07, 6.45) is 4.24. The second-order valence-corrected chi connectivity index (χ2v) is 6.83. The summed E-state index contributed by atoms with van der Waals surface area (Å²) >= 11 is 6.09. The van der Waals surface area contributed by atoms with Crippen molar-refractivity contribution in [2.75, 3.05) is 11.4 Å². The van der Waals surface area contributed by atoms with Crippen molar-refractivity contribution in [1.29, 1.82) is 0 Å². The lowest BCUT2D eigenvalue weighted by Gasteiger charge is -2.27. The molecule has 0 radical (unpaired) electrons. The van der Waals surface area contributed by atoms with Gasteiger partial charge in [-0.2, -0.15) is 0 Å². The predicted octanol–water partition coefficient (Wildman–Crippen LogP) is 3.08. The summed E-state index contributed by atoms with van der Waals surface area (Å²) in [4.78, 5) is 31.5. The number of hydrogen-bond acceptors (Lipinski definition) is 3. The third-order valence-corrected chi connectivity index (χ3v) is 4.71. The predicted molar refractivity (Wildman–Crippen MR) is 97.8 cm³/mol. The number of amides is 2. The van der Waals surface area contributed by atoms with Gasteiger partial charge in [-0.25, -0.2) is 0 Å². The van der Waals surface area contributed by atoms with E-state index in [1.807, 2.05) is 19.9 Å². The number of benzene rings is 1. The van der Waals surface area contributed by atoms with E-state index in [-0.39, 0.29) is 17.7 Å². The highest BCUT2D eigenvalue weighted by Crippen LogP contribution is 2.28. The van der Waals surface area contributed by atoms with Crippen LogP contribution in [0.25, 0.3) is 0 Å². The fourth-order valence-electron chi connectivity index (χ4n) is 3.00. The lowest BCUT2D eigenvalue weighted by molar-refractivity contribution is -0.121. The number of nitrogens with zero attached hydrogens (tertiary/aromatic N) is 2. The smallest absolute Gasteiger partial charge is 0.253 e. The number of rotatable bonds is 4. The number of aromatic nitrogens is 1. The Morgan fingerprint density at radius 1 is 1.24 bits per heavy atom. The Morgan fingerprint density at radius 2 is 2.00 bits per heavy atom. The molecule has 1 aromatic carbocycles. The first-order valence-corrected chi connectivity index (χ1v) is 8.66. The monoisotopic (exact) mass is 357 g/mol. The number of nitrogens with one attached hydrogen (secondary N) is 1. The average Bonchev–Trinajstić information content (AvgIpc) is 3.03. The molecule has 1 aliphatic rings. The molecular formula is C19H20ClN3O2. The molecule has 1 unspecified atom stereocenters. The van der Waals surface area contributed by atoms with Crippen LogP contribution < -0.4 is 10.2 Å². The molecule has 0 saturated heterocycles. The Kier molecular flexibility index (Phi) is 5.04. The van der Waals surface area contributed by atoms with Crippen molar-refractivity contribution in [2.24, 2.45) is 5.92 Å². The van der Waals surface area contributed by atoms with Crippen LogP contribution in [-0.4, -0.2) is 29.4 Å². The summed E-state index contributed by atoms with van der Waals surface area (Å²) in [6.45, 7) is 4.43. The zero-order valence-electron chi connectivity index (χ0n) is 14.2. The summed E-state index contributed by atoms with van der Waals surface area (Å²) in [5.74, 6) is -0.503. The number of hydrogen-bond donors (Lipinski definition) is 1. The fourth-order valence-corrected chi connectivity index (χ4v) is 3.22. The van der Waals surface area contributed by atoms with Crippen LogP contribution in [0.1, 0.15) is 29.8 Å². The number of carbonyl (C=O) groups is 2. The zero-order chi connectivity index (χ0) is 18.0. The molecule has 1 aromatic heterocycles. The first-order chi connectivity index (χ1) is 12.0. The SMILES string of the molecule is CC(C)C(NC(=O)c1ccccc1Cl)C(=O)N1CCc2cnccc21. The largest absolute Gasteiger partial charge is 0.340 e. The average molecular weight is 358 g/mol. The molecule has 25 heavy (non-hydrogen) atoms. The van der Waals surface area contributed by atoms with E-state index in [2.05, 4.69) is 10.3 Å². The molecule has 0 fully saturated rings. The third-order valence-electron chi connectivity index (χ3n) is 4.38. The van der Waals surface area contributed by atoms with Gasteiger partial charge in [-0.05, 0) is 36.1 Å². The molecule has 0 aliphatic carbocycles. The van der Waals surface area contributed by atoms with Crippen molar-refractivity contribution < 1.29 is 9.59 Å². The Labute approximate surface area is 152 Å². The van der Waals surface area contributed by atoms with Gasteiger partial charge in [0.1, 0.15) is 6.04 Å². The van der Waals surface area contributed by atoms with E-state index in [1.54, 1.807) is 41.6 Å². The van der Waals surface area contributed by atoms with Crippen molar-refractivity contribution >= 4 is 29.1 Å². The van der Waals surface area contributed by atoms with E-state index in [0.29, 0.717) is 17.1 Å². The Balaban J connectivity index is 1.81. The van der Waals surface area contributed by atoms with Crippen LogP contribution in [0.2, 0.25) is 5.02 Å². The van der Waals surface area contributed by atoms with Crippen molar-refractivity contribution in [1.82, 2.24) is 10.3 Å². The van der Waals surface area contributed by atoms with Crippen LogP contribution in [0.15, 0.2) is 42.7 Å². The normalized spacial score (nSPS) is 14.3. The Hall–Kier alpha value is -2.40. The first kappa shape index (κ1) is 17.4. The fraction of sp³-hybridized carbons (Fsp3) is 0.316. The van der Waals surface area contributed by atoms with Gasteiger partial charge in [-0.1, -0.05) is 37.6 Å². The van der Waals surface area contributed by atoms with Crippen molar-refractivity contribution in [3.63, 3.8) is 0 Å². The Morgan fingerprint density at radius 3 is 2.72 bits per heavy atom. The van der Waals surface area contributed by atoms with Crippen molar-refractivity contribution in [3.8, 4) is 0 Å². The highest BCUT2D eigenvalue weighted by Gasteiger charge is 2.33. The lowest BCUT2D eigenvalue weighted by atomic mass is 10.0. The zero-order valence-corrected chi connectivity index (χ0v) is 15.0. The summed E-state index contributed by atoms with van der Waals surface area (Å²) in [7, 11) is 0. The molecular weight excluding hydrogens is 338 g/mol. The molecule has 2 amide bonds. The van der Waals surface area contributed by atoms with Crippen LogP contribution in [0.4, 0.5) is 5.69 Å². The van der Waals surface area contributed by atoms with Crippen molar-refractivity contribution in [3.05, 3.63) is 58.9 Å². The maximum Gasteiger partial charge on any atom is 0.253 e. The van der Waals surface area contributed by atoms with Crippen molar-refractivity contribution in [2.45, 2.75) is 26.3 Å². The quantitative estimate of drug-likeness (QED) is 0.914. The van der Waals surface area contributed by atoms with Gasteiger partial charge < -0.3 is 10.2 Å². The number of anilines is 1. The minimum Gasteiger partial charge on any atom is -0.340 e. The highest BCUT2D eigenvalue weighted by molar-refractivity contribution is 6.33. The van der Waals surface area contributed by atoms with Crippen LogP contribution in [0.3, 0.4) is 0 Å². The highest BCUT2D eigenvalue weighted by atomic mass is 35.5.